The van der Waals surface area contributed by atoms with Crippen molar-refractivity contribution in [3.63, 3.8) is 0 Å². The van der Waals surface area contributed by atoms with E-state index in [2.05, 4.69) is 10.6 Å². The molecule has 0 bridgehead atoms. The number of halogens is 3. The van der Waals surface area contributed by atoms with Crippen LogP contribution in [0.1, 0.15) is 44.2 Å². The maximum Gasteiger partial charge on any atom is 0.242 e. The molecule has 1 heterocycles. The van der Waals surface area contributed by atoms with Crippen LogP contribution in [0.25, 0.3) is 0 Å². The molecule has 12 heteroatoms. The molecular weight excluding hydrogens is 622 g/mol. The van der Waals surface area contributed by atoms with Crippen LogP contribution in [-0.4, -0.2) is 68.8 Å². The number of ether oxygens (including phenoxy) is 1. The van der Waals surface area contributed by atoms with E-state index < -0.39 is 51.6 Å². The Hall–Kier alpha value is -2.93. The van der Waals surface area contributed by atoms with Crippen molar-refractivity contribution in [1.29, 1.82) is 0 Å². The number of rotatable bonds is 14. The second-order valence-corrected chi connectivity index (χ2v) is 13.6. The fourth-order valence-corrected chi connectivity index (χ4v) is 6.90. The summed E-state index contributed by atoms with van der Waals surface area (Å²) in [7, 11) is -3.59. The summed E-state index contributed by atoms with van der Waals surface area (Å²) in [5.74, 6) is -2.15. The van der Waals surface area contributed by atoms with Crippen LogP contribution in [-0.2, 0) is 26.0 Å². The van der Waals surface area contributed by atoms with Crippen LogP contribution in [0, 0.1) is 5.82 Å². The molecule has 1 saturated heterocycles. The molecule has 1 fully saturated rings. The number of nitrogens with two attached hydrogens (primary N) is 1. The van der Waals surface area contributed by atoms with Gasteiger partial charge in [0, 0.05) is 41.3 Å². The molecule has 2 aromatic rings. The molecule has 4 N–H and O–H groups in total. The zero-order valence-electron chi connectivity index (χ0n) is 26.1. The second-order valence-electron chi connectivity index (χ2n) is 11.3. The summed E-state index contributed by atoms with van der Waals surface area (Å²) in [6, 6.07) is 9.32. The predicted molar refractivity (Wildman–Crippen MR) is 177 cm³/mol. The molecule has 1 unspecified atom stereocenters. The fourth-order valence-electron chi connectivity index (χ4n) is 5.30. The highest BCUT2D eigenvalue weighted by Gasteiger charge is 2.37. The molecule has 0 aliphatic carbocycles. The highest BCUT2D eigenvalue weighted by Crippen LogP contribution is 2.28. The molecule has 0 spiro atoms. The molecule has 1 amide bonds. The number of amides is 1. The third-order valence-electron chi connectivity index (χ3n) is 7.47. The van der Waals surface area contributed by atoms with E-state index in [0.717, 1.165) is 0 Å². The monoisotopic (exact) mass is 664 g/mol. The van der Waals surface area contributed by atoms with E-state index in [1.54, 1.807) is 49.4 Å². The number of benzene rings is 2. The summed E-state index contributed by atoms with van der Waals surface area (Å²) in [5, 5.41) is 6.51. The van der Waals surface area contributed by atoms with Gasteiger partial charge in [0.15, 0.2) is 0 Å². The largest absolute Gasteiger partial charge is 0.377 e. The molecular formula is C33H43ClF2N4O4S. The third kappa shape index (κ3) is 10.8. The lowest BCUT2D eigenvalue weighted by Gasteiger charge is -2.41. The van der Waals surface area contributed by atoms with E-state index in [0.29, 0.717) is 30.1 Å². The zero-order valence-corrected chi connectivity index (χ0v) is 27.6. The van der Waals surface area contributed by atoms with E-state index in [1.165, 1.54) is 40.9 Å². The average Bonchev–Trinajstić information content (AvgIpc) is 2.98. The molecule has 2 aromatic carbocycles. The highest BCUT2D eigenvalue weighted by atomic mass is 35.5. The molecule has 0 radical (unpaired) electrons. The van der Waals surface area contributed by atoms with Gasteiger partial charge in [-0.3, -0.25) is 4.79 Å². The van der Waals surface area contributed by atoms with Crippen molar-refractivity contribution < 1.29 is 26.7 Å². The minimum atomic E-state index is -3.59. The number of nitrogens with one attached hydrogen (secondary N) is 2. The summed E-state index contributed by atoms with van der Waals surface area (Å²) in [6.07, 6.45) is 8.94. The van der Waals surface area contributed by atoms with Gasteiger partial charge in [-0.25, -0.2) is 17.2 Å². The topological polar surface area (TPSA) is 114 Å². The van der Waals surface area contributed by atoms with Crippen molar-refractivity contribution in [3.8, 4) is 0 Å². The Labute approximate surface area is 270 Å². The number of nitrogens with zero attached hydrogens (tertiary/aromatic N) is 1. The Bertz CT molecular complexity index is 1500. The van der Waals surface area contributed by atoms with Gasteiger partial charge in [0.25, 0.3) is 0 Å². The van der Waals surface area contributed by atoms with Crippen LogP contribution < -0.4 is 16.4 Å². The predicted octanol–water partition coefficient (Wildman–Crippen LogP) is 5.47. The summed E-state index contributed by atoms with van der Waals surface area (Å²) < 4.78 is 61.6. The van der Waals surface area contributed by atoms with Crippen LogP contribution in [0.15, 0.2) is 78.7 Å². The maximum absolute atomic E-state index is 15.2. The van der Waals surface area contributed by atoms with Crippen molar-refractivity contribution >= 4 is 33.2 Å². The zero-order chi connectivity index (χ0) is 33.1. The number of hydrogen-bond acceptors (Lipinski definition) is 6. The number of sulfonamides is 1. The second kappa shape index (κ2) is 17.1. The lowest BCUT2D eigenvalue weighted by Crippen LogP contribution is -2.60. The van der Waals surface area contributed by atoms with Gasteiger partial charge < -0.3 is 21.1 Å². The normalized spacial score (nSPS) is 19.8. The smallest absolute Gasteiger partial charge is 0.242 e. The SMILES string of the molecule is C\C=C(F)/C=C\C=C\[C@H](c1cccc(Cl)c1)[C@H](N)C(=O)Nc1cccc(F)c1CC[C@H]1CNCC(COC(C)C)N1S(C)(=O)=O. The molecule has 45 heavy (non-hydrogen) atoms. The van der Waals surface area contributed by atoms with E-state index >= 15 is 4.39 Å². The summed E-state index contributed by atoms with van der Waals surface area (Å²) in [6.45, 7) is 6.41. The highest BCUT2D eigenvalue weighted by molar-refractivity contribution is 7.88. The number of carbonyl (C=O) groups excluding carboxylic acids is 1. The molecule has 1 aliphatic rings. The minimum absolute atomic E-state index is 0.0608. The summed E-state index contributed by atoms with van der Waals surface area (Å²) >= 11 is 6.21. The summed E-state index contributed by atoms with van der Waals surface area (Å²) in [5.41, 5.74) is 7.62. The quantitative estimate of drug-likeness (QED) is 0.231. The Kier molecular flexibility index (Phi) is 13.9. The summed E-state index contributed by atoms with van der Waals surface area (Å²) in [4.78, 5) is 13.5. The van der Waals surface area contributed by atoms with Gasteiger partial charge in [0.05, 0.1) is 31.1 Å². The van der Waals surface area contributed by atoms with Gasteiger partial charge in [-0.15, -0.1) is 0 Å². The van der Waals surface area contributed by atoms with Gasteiger partial charge in [-0.2, -0.15) is 4.31 Å². The Morgan fingerprint density at radius 2 is 1.91 bits per heavy atom. The number of piperazine rings is 1. The van der Waals surface area contributed by atoms with E-state index in [1.807, 2.05) is 13.8 Å². The minimum Gasteiger partial charge on any atom is -0.377 e. The maximum atomic E-state index is 15.2. The van der Waals surface area contributed by atoms with Gasteiger partial charge >= 0.3 is 0 Å². The molecule has 0 aromatic heterocycles. The number of hydrogen-bond donors (Lipinski definition) is 3. The Balaban J connectivity index is 1.82. The number of allylic oxidation sites excluding steroid dienone is 5. The van der Waals surface area contributed by atoms with Crippen LogP contribution in [0.4, 0.5) is 14.5 Å². The van der Waals surface area contributed by atoms with Crippen LogP contribution in [0.2, 0.25) is 5.02 Å². The first-order chi connectivity index (χ1) is 21.3. The first-order valence-corrected chi connectivity index (χ1v) is 17.1. The average molecular weight is 665 g/mol. The lowest BCUT2D eigenvalue weighted by atomic mass is 9.90. The molecule has 3 rings (SSSR count). The van der Waals surface area contributed by atoms with Crippen LogP contribution >= 0.6 is 11.6 Å². The number of anilines is 1. The fraction of sp³-hybridized carbons (Fsp3) is 0.424. The lowest BCUT2D eigenvalue weighted by molar-refractivity contribution is -0.117. The van der Waals surface area contributed by atoms with E-state index in [-0.39, 0.29) is 30.4 Å². The Morgan fingerprint density at radius 3 is 2.58 bits per heavy atom. The van der Waals surface area contributed by atoms with Crippen molar-refractivity contribution in [3.05, 3.63) is 101 Å². The third-order valence-corrected chi connectivity index (χ3v) is 9.07. The van der Waals surface area contributed by atoms with Crippen molar-refractivity contribution in [2.45, 2.75) is 63.8 Å². The molecule has 1 aliphatic heterocycles. The van der Waals surface area contributed by atoms with Gasteiger partial charge in [0.2, 0.25) is 15.9 Å². The van der Waals surface area contributed by atoms with Crippen LogP contribution in [0.3, 0.4) is 0 Å². The van der Waals surface area contributed by atoms with E-state index in [4.69, 9.17) is 22.1 Å². The van der Waals surface area contributed by atoms with Crippen molar-refractivity contribution in [2.75, 3.05) is 31.3 Å². The molecule has 4 atom stereocenters. The van der Waals surface area contributed by atoms with Gasteiger partial charge in [-0.05, 0) is 69.5 Å². The standard InChI is InChI=1S/C33H43ClF2N4O4S/c1-5-25(35)12-6-7-13-28(23-10-8-11-24(34)18-23)32(37)33(41)39-31-15-9-14-30(36)29(31)17-16-26-19-38-20-27(21-44-22(2)3)40(26)45(4,42)43/h5-15,18,22,26-28,32,38H,16-17,19-21,37H2,1-4H3,(H,39,41)/b12-6-,13-7+,25-5+/t26-,27?,28+,32-/m0/s1. The Morgan fingerprint density at radius 1 is 1.20 bits per heavy atom. The van der Waals surface area contributed by atoms with Crippen LogP contribution in [0.5, 0.6) is 0 Å². The van der Waals surface area contributed by atoms with E-state index in [9.17, 15) is 17.6 Å². The molecule has 246 valence electrons. The van der Waals surface area contributed by atoms with Crippen molar-refractivity contribution in [2.24, 2.45) is 5.73 Å². The van der Waals surface area contributed by atoms with Gasteiger partial charge in [-0.1, -0.05) is 54.1 Å². The van der Waals surface area contributed by atoms with Gasteiger partial charge in [0.1, 0.15) is 11.6 Å². The van der Waals surface area contributed by atoms with Crippen molar-refractivity contribution in [1.82, 2.24) is 9.62 Å². The number of carbonyl (C=O) groups is 1. The molecule has 8 nitrogen and oxygen atoms in total. The molecule has 0 saturated carbocycles. The first kappa shape index (κ1) is 36.5. The first-order valence-electron chi connectivity index (χ1n) is 14.9.